The molecule has 0 aromatic heterocycles. The minimum absolute atomic E-state index is 0.151. The Labute approximate surface area is 121 Å². The van der Waals surface area contributed by atoms with Crippen molar-refractivity contribution in [3.8, 4) is 0 Å². The molecule has 0 radical (unpaired) electrons. The quantitative estimate of drug-likeness (QED) is 0.787. The SMILES string of the molecule is CC1CC(NC(=O)C2(CN)CCOCC2)CN1C1CC1. The lowest BCUT2D eigenvalue weighted by Crippen LogP contribution is -2.52. The molecule has 20 heavy (non-hydrogen) atoms. The molecule has 2 saturated heterocycles. The molecule has 2 unspecified atom stereocenters. The van der Waals surface area contributed by atoms with Crippen molar-refractivity contribution in [3.05, 3.63) is 0 Å². The van der Waals surface area contributed by atoms with Crippen LogP contribution in [0.4, 0.5) is 0 Å². The van der Waals surface area contributed by atoms with Crippen LogP contribution in [-0.2, 0) is 9.53 Å². The number of nitrogens with one attached hydrogen (secondary N) is 1. The van der Waals surface area contributed by atoms with Gasteiger partial charge in [0.2, 0.25) is 5.91 Å². The lowest BCUT2D eigenvalue weighted by Gasteiger charge is -2.35. The molecule has 2 atom stereocenters. The number of hydrogen-bond acceptors (Lipinski definition) is 4. The molecule has 114 valence electrons. The first-order valence-corrected chi connectivity index (χ1v) is 7.99. The van der Waals surface area contributed by atoms with Crippen LogP contribution in [0.25, 0.3) is 0 Å². The number of nitrogens with zero attached hydrogens (tertiary/aromatic N) is 1. The highest BCUT2D eigenvalue weighted by atomic mass is 16.5. The Hall–Kier alpha value is -0.650. The summed E-state index contributed by atoms with van der Waals surface area (Å²) in [4.78, 5) is 15.2. The molecule has 5 nitrogen and oxygen atoms in total. The molecule has 1 saturated carbocycles. The lowest BCUT2D eigenvalue weighted by molar-refractivity contribution is -0.136. The lowest BCUT2D eigenvalue weighted by atomic mass is 9.79. The fourth-order valence-electron chi connectivity index (χ4n) is 3.70. The first-order chi connectivity index (χ1) is 9.64. The molecule has 0 bridgehead atoms. The zero-order valence-corrected chi connectivity index (χ0v) is 12.4. The fraction of sp³-hybridized carbons (Fsp3) is 0.933. The molecule has 0 spiro atoms. The van der Waals surface area contributed by atoms with E-state index in [1.54, 1.807) is 0 Å². The monoisotopic (exact) mass is 281 g/mol. The van der Waals surface area contributed by atoms with Gasteiger partial charge in [0.15, 0.2) is 0 Å². The van der Waals surface area contributed by atoms with Crippen LogP contribution >= 0.6 is 0 Å². The summed E-state index contributed by atoms with van der Waals surface area (Å²) >= 11 is 0. The summed E-state index contributed by atoms with van der Waals surface area (Å²) in [5, 5.41) is 3.27. The van der Waals surface area contributed by atoms with Gasteiger partial charge in [0.25, 0.3) is 0 Å². The van der Waals surface area contributed by atoms with Gasteiger partial charge in [-0.3, -0.25) is 9.69 Å². The van der Waals surface area contributed by atoms with Crippen molar-refractivity contribution in [3.63, 3.8) is 0 Å². The molecule has 2 heterocycles. The average molecular weight is 281 g/mol. The van der Waals surface area contributed by atoms with Crippen molar-refractivity contribution in [2.45, 2.75) is 57.2 Å². The number of amides is 1. The molecule has 5 heteroatoms. The Morgan fingerprint density at radius 2 is 2.10 bits per heavy atom. The fourth-order valence-corrected chi connectivity index (χ4v) is 3.70. The van der Waals surface area contributed by atoms with E-state index in [0.29, 0.717) is 31.8 Å². The maximum absolute atomic E-state index is 12.6. The van der Waals surface area contributed by atoms with Gasteiger partial charge >= 0.3 is 0 Å². The van der Waals surface area contributed by atoms with Gasteiger partial charge in [-0.1, -0.05) is 0 Å². The summed E-state index contributed by atoms with van der Waals surface area (Å²) in [6, 6.07) is 1.67. The van der Waals surface area contributed by atoms with Crippen LogP contribution in [0.15, 0.2) is 0 Å². The van der Waals surface area contributed by atoms with E-state index in [1.165, 1.54) is 12.8 Å². The van der Waals surface area contributed by atoms with E-state index in [4.69, 9.17) is 10.5 Å². The third-order valence-corrected chi connectivity index (χ3v) is 5.30. The highest BCUT2D eigenvalue weighted by molar-refractivity contribution is 5.83. The van der Waals surface area contributed by atoms with Crippen LogP contribution < -0.4 is 11.1 Å². The first kappa shape index (κ1) is 14.3. The highest BCUT2D eigenvalue weighted by Gasteiger charge is 2.43. The summed E-state index contributed by atoms with van der Waals surface area (Å²) in [6.45, 7) is 5.02. The van der Waals surface area contributed by atoms with Gasteiger partial charge in [-0.25, -0.2) is 0 Å². The topological polar surface area (TPSA) is 67.6 Å². The van der Waals surface area contributed by atoms with Gasteiger partial charge < -0.3 is 15.8 Å². The minimum atomic E-state index is -0.394. The minimum Gasteiger partial charge on any atom is -0.381 e. The molecule has 2 aliphatic heterocycles. The number of carbonyl (C=O) groups excluding carboxylic acids is 1. The van der Waals surface area contributed by atoms with Crippen LogP contribution in [0.1, 0.15) is 39.0 Å². The normalized spacial score (nSPS) is 34.1. The van der Waals surface area contributed by atoms with Crippen molar-refractivity contribution in [1.29, 1.82) is 0 Å². The van der Waals surface area contributed by atoms with Gasteiger partial charge in [0, 0.05) is 44.4 Å². The van der Waals surface area contributed by atoms with Crippen molar-refractivity contribution in [1.82, 2.24) is 10.2 Å². The molecule has 3 aliphatic rings. The van der Waals surface area contributed by atoms with E-state index in [-0.39, 0.29) is 5.91 Å². The van der Waals surface area contributed by atoms with Gasteiger partial charge in [-0.2, -0.15) is 0 Å². The van der Waals surface area contributed by atoms with Gasteiger partial charge in [0.1, 0.15) is 0 Å². The van der Waals surface area contributed by atoms with Gasteiger partial charge in [-0.15, -0.1) is 0 Å². The van der Waals surface area contributed by atoms with E-state index in [0.717, 1.165) is 31.8 Å². The summed E-state index contributed by atoms with van der Waals surface area (Å²) in [5.74, 6) is 0.151. The number of nitrogens with two attached hydrogens (primary N) is 1. The second-order valence-electron chi connectivity index (χ2n) is 6.78. The number of carbonyl (C=O) groups is 1. The predicted octanol–water partition coefficient (Wildman–Crippen LogP) is 0.483. The summed E-state index contributed by atoms with van der Waals surface area (Å²) in [6.07, 6.45) is 5.23. The summed E-state index contributed by atoms with van der Waals surface area (Å²) < 4.78 is 5.38. The summed E-state index contributed by atoms with van der Waals surface area (Å²) in [7, 11) is 0. The highest BCUT2D eigenvalue weighted by Crippen LogP contribution is 2.34. The van der Waals surface area contributed by atoms with E-state index in [1.807, 2.05) is 0 Å². The molecule has 3 rings (SSSR count). The second-order valence-corrected chi connectivity index (χ2v) is 6.78. The zero-order valence-electron chi connectivity index (χ0n) is 12.4. The molecule has 1 aliphatic carbocycles. The molecule has 0 aromatic rings. The number of likely N-dealkylation sites (tertiary alicyclic amines) is 1. The maximum atomic E-state index is 12.6. The van der Waals surface area contributed by atoms with Gasteiger partial charge in [-0.05, 0) is 39.0 Å². The zero-order chi connectivity index (χ0) is 14.2. The number of rotatable bonds is 4. The third kappa shape index (κ3) is 2.71. The third-order valence-electron chi connectivity index (χ3n) is 5.30. The van der Waals surface area contributed by atoms with E-state index in [9.17, 15) is 4.79 Å². The Bertz CT molecular complexity index is 364. The van der Waals surface area contributed by atoms with E-state index >= 15 is 0 Å². The Kier molecular flexibility index (Phi) is 4.02. The maximum Gasteiger partial charge on any atom is 0.227 e. The van der Waals surface area contributed by atoms with Gasteiger partial charge in [0.05, 0.1) is 5.41 Å². The average Bonchev–Trinajstić information content (AvgIpc) is 3.24. The molecular weight excluding hydrogens is 254 g/mol. The number of hydrogen-bond donors (Lipinski definition) is 2. The molecule has 1 amide bonds. The number of ether oxygens (including phenoxy) is 1. The Morgan fingerprint density at radius 1 is 1.40 bits per heavy atom. The molecular formula is C15H27N3O2. The second kappa shape index (κ2) is 5.62. The molecule has 3 N–H and O–H groups in total. The largest absolute Gasteiger partial charge is 0.381 e. The van der Waals surface area contributed by atoms with E-state index in [2.05, 4.69) is 17.1 Å². The predicted molar refractivity (Wildman–Crippen MR) is 77.3 cm³/mol. The standard InChI is InChI=1S/C15H27N3O2/c1-11-8-12(9-18(11)13-2-3-13)17-14(19)15(10-16)4-6-20-7-5-15/h11-13H,2-10,16H2,1H3,(H,17,19). The Balaban J connectivity index is 1.58. The van der Waals surface area contributed by atoms with E-state index < -0.39 is 5.41 Å². The van der Waals surface area contributed by atoms with Crippen LogP contribution in [-0.4, -0.2) is 55.2 Å². The summed E-state index contributed by atoms with van der Waals surface area (Å²) in [5.41, 5.74) is 5.51. The molecule has 3 fully saturated rings. The van der Waals surface area contributed by atoms with Crippen LogP contribution in [0.3, 0.4) is 0 Å². The van der Waals surface area contributed by atoms with Crippen molar-refractivity contribution >= 4 is 5.91 Å². The van der Waals surface area contributed by atoms with Crippen molar-refractivity contribution in [2.75, 3.05) is 26.3 Å². The smallest absolute Gasteiger partial charge is 0.227 e. The van der Waals surface area contributed by atoms with Crippen molar-refractivity contribution < 1.29 is 9.53 Å². The molecule has 0 aromatic carbocycles. The van der Waals surface area contributed by atoms with Crippen LogP contribution in [0.2, 0.25) is 0 Å². The van der Waals surface area contributed by atoms with Crippen LogP contribution in [0, 0.1) is 5.41 Å². The van der Waals surface area contributed by atoms with Crippen molar-refractivity contribution in [2.24, 2.45) is 11.1 Å². The van der Waals surface area contributed by atoms with Crippen LogP contribution in [0.5, 0.6) is 0 Å². The first-order valence-electron chi connectivity index (χ1n) is 7.99. The Morgan fingerprint density at radius 3 is 2.70 bits per heavy atom.